The fraction of sp³-hybridized carbons (Fsp3) is 0.235. The van der Waals surface area contributed by atoms with Crippen molar-refractivity contribution < 1.29 is 14.5 Å². The van der Waals surface area contributed by atoms with E-state index in [-0.39, 0.29) is 12.2 Å². The number of amides is 2. The Morgan fingerprint density at radius 2 is 2.00 bits per heavy atom. The van der Waals surface area contributed by atoms with Crippen molar-refractivity contribution in [1.29, 1.82) is 0 Å². The third-order valence-corrected chi connectivity index (χ3v) is 4.25. The number of nitrogens with one attached hydrogen (secondary N) is 1. The summed E-state index contributed by atoms with van der Waals surface area (Å²) >= 11 is 3.34. The topological polar surface area (TPSA) is 115 Å². The third-order valence-electron chi connectivity index (χ3n) is 3.75. The van der Waals surface area contributed by atoms with Gasteiger partial charge in [0, 0.05) is 29.3 Å². The predicted octanol–water partition coefficient (Wildman–Crippen LogP) is 1.92. The molecule has 2 amide bonds. The SMILES string of the molecule is Cc1cc(Br)ccc1NC(=O)CN(C)C(=O)Cn1cc([N+](=O)[O-])ccc1=O. The number of hydrogen-bond acceptors (Lipinski definition) is 5. The number of halogens is 1. The second kappa shape index (κ2) is 8.58. The van der Waals surface area contributed by atoms with Crippen molar-refractivity contribution in [2.24, 2.45) is 0 Å². The molecule has 1 aromatic carbocycles. The summed E-state index contributed by atoms with van der Waals surface area (Å²) in [5.41, 5.74) is 0.639. The molecule has 0 spiro atoms. The number of aryl methyl sites for hydroxylation is 1. The largest absolute Gasteiger partial charge is 0.335 e. The van der Waals surface area contributed by atoms with Crippen LogP contribution in [0.25, 0.3) is 0 Å². The van der Waals surface area contributed by atoms with Crippen molar-refractivity contribution in [2.75, 3.05) is 18.9 Å². The number of carbonyl (C=O) groups is 2. The number of hydrogen-bond donors (Lipinski definition) is 1. The summed E-state index contributed by atoms with van der Waals surface area (Å²) in [5, 5.41) is 13.5. The molecule has 0 saturated carbocycles. The van der Waals surface area contributed by atoms with E-state index in [1.807, 2.05) is 13.0 Å². The molecule has 0 fully saturated rings. The summed E-state index contributed by atoms with van der Waals surface area (Å²) in [5.74, 6) is -0.928. The Kier molecular flexibility index (Phi) is 6.45. The van der Waals surface area contributed by atoms with Crippen LogP contribution in [0.5, 0.6) is 0 Å². The van der Waals surface area contributed by atoms with Gasteiger partial charge in [-0.25, -0.2) is 0 Å². The summed E-state index contributed by atoms with van der Waals surface area (Å²) in [6.45, 7) is 1.21. The molecule has 2 rings (SSSR count). The molecule has 27 heavy (non-hydrogen) atoms. The Morgan fingerprint density at radius 3 is 2.63 bits per heavy atom. The average Bonchev–Trinajstić information content (AvgIpc) is 2.59. The van der Waals surface area contributed by atoms with Gasteiger partial charge in [-0.05, 0) is 30.7 Å². The zero-order chi connectivity index (χ0) is 20.1. The highest BCUT2D eigenvalue weighted by molar-refractivity contribution is 9.10. The van der Waals surface area contributed by atoms with Crippen LogP contribution < -0.4 is 10.9 Å². The van der Waals surface area contributed by atoms with Crippen LogP contribution in [0.15, 0.2) is 45.8 Å². The highest BCUT2D eigenvalue weighted by atomic mass is 79.9. The molecule has 9 nitrogen and oxygen atoms in total. The average molecular weight is 437 g/mol. The molecule has 0 aliphatic carbocycles. The second-order valence-corrected chi connectivity index (χ2v) is 6.78. The van der Waals surface area contributed by atoms with E-state index in [0.29, 0.717) is 5.69 Å². The minimum Gasteiger partial charge on any atom is -0.335 e. The van der Waals surface area contributed by atoms with E-state index in [1.54, 1.807) is 12.1 Å². The maximum absolute atomic E-state index is 12.3. The smallest absolute Gasteiger partial charge is 0.285 e. The number of likely N-dealkylation sites (N-methyl/N-ethyl adjacent to an activating group) is 1. The first kappa shape index (κ1) is 20.3. The molecule has 0 bridgehead atoms. The van der Waals surface area contributed by atoms with Crippen molar-refractivity contribution >= 4 is 39.1 Å². The summed E-state index contributed by atoms with van der Waals surface area (Å²) in [6, 6.07) is 7.46. The molecule has 0 aliphatic rings. The highest BCUT2D eigenvalue weighted by Crippen LogP contribution is 2.19. The minimum absolute atomic E-state index is 0.224. The van der Waals surface area contributed by atoms with Gasteiger partial charge in [0.1, 0.15) is 6.54 Å². The van der Waals surface area contributed by atoms with Gasteiger partial charge in [-0.1, -0.05) is 15.9 Å². The van der Waals surface area contributed by atoms with Crippen LogP contribution in [-0.4, -0.2) is 39.8 Å². The summed E-state index contributed by atoms with van der Waals surface area (Å²) in [6.07, 6.45) is 0.999. The zero-order valence-corrected chi connectivity index (χ0v) is 16.2. The number of pyridine rings is 1. The van der Waals surface area contributed by atoms with E-state index >= 15 is 0 Å². The Morgan fingerprint density at radius 1 is 1.30 bits per heavy atom. The summed E-state index contributed by atoms with van der Waals surface area (Å²) in [7, 11) is 1.42. The fourth-order valence-electron chi connectivity index (χ4n) is 2.28. The van der Waals surface area contributed by atoms with Gasteiger partial charge in [-0.15, -0.1) is 0 Å². The standard InChI is InChI=1S/C17H17BrN4O5/c1-11-7-12(18)3-5-14(11)19-15(23)9-20(2)17(25)10-21-8-13(22(26)27)4-6-16(21)24/h3-8H,9-10H2,1-2H3,(H,19,23). The maximum atomic E-state index is 12.3. The Labute approximate surface area is 162 Å². The Hall–Kier alpha value is -3.01. The number of benzene rings is 1. The number of nitrogens with zero attached hydrogens (tertiary/aromatic N) is 3. The molecule has 0 atom stereocenters. The van der Waals surface area contributed by atoms with Gasteiger partial charge >= 0.3 is 0 Å². The Bertz CT molecular complexity index is 957. The van der Waals surface area contributed by atoms with E-state index in [0.717, 1.165) is 37.8 Å². The van der Waals surface area contributed by atoms with Crippen LogP contribution in [0.2, 0.25) is 0 Å². The molecule has 0 unspecified atom stereocenters. The maximum Gasteiger partial charge on any atom is 0.285 e. The van der Waals surface area contributed by atoms with Gasteiger partial charge < -0.3 is 10.2 Å². The van der Waals surface area contributed by atoms with Gasteiger partial charge in [-0.2, -0.15) is 0 Å². The van der Waals surface area contributed by atoms with E-state index < -0.39 is 28.8 Å². The van der Waals surface area contributed by atoms with E-state index in [4.69, 9.17) is 0 Å². The van der Waals surface area contributed by atoms with Gasteiger partial charge in [0.2, 0.25) is 11.8 Å². The molecule has 1 aromatic heterocycles. The minimum atomic E-state index is -0.655. The van der Waals surface area contributed by atoms with Gasteiger partial charge in [-0.3, -0.25) is 29.1 Å². The molecule has 0 aliphatic heterocycles. The molecule has 2 aromatic rings. The molecule has 1 N–H and O–H groups in total. The van der Waals surface area contributed by atoms with E-state index in [2.05, 4.69) is 21.2 Å². The van der Waals surface area contributed by atoms with Crippen LogP contribution in [0.3, 0.4) is 0 Å². The lowest BCUT2D eigenvalue weighted by Crippen LogP contribution is -2.38. The summed E-state index contributed by atoms with van der Waals surface area (Å²) < 4.78 is 1.82. The van der Waals surface area contributed by atoms with Crippen LogP contribution in [0, 0.1) is 17.0 Å². The number of carbonyl (C=O) groups excluding carboxylic acids is 2. The van der Waals surface area contributed by atoms with Crippen LogP contribution in [-0.2, 0) is 16.1 Å². The molecular formula is C17H17BrN4O5. The van der Waals surface area contributed by atoms with Crippen molar-refractivity contribution in [3.05, 3.63) is 67.0 Å². The van der Waals surface area contributed by atoms with Gasteiger partial charge in [0.05, 0.1) is 17.7 Å². The third kappa shape index (κ3) is 5.48. The molecule has 1 heterocycles. The van der Waals surface area contributed by atoms with E-state index in [1.165, 1.54) is 7.05 Å². The Balaban J connectivity index is 2.01. The van der Waals surface area contributed by atoms with Gasteiger partial charge in [0.25, 0.3) is 11.2 Å². The first-order valence-electron chi connectivity index (χ1n) is 7.82. The second-order valence-electron chi connectivity index (χ2n) is 5.87. The lowest BCUT2D eigenvalue weighted by atomic mass is 10.2. The highest BCUT2D eigenvalue weighted by Gasteiger charge is 2.16. The zero-order valence-electron chi connectivity index (χ0n) is 14.6. The predicted molar refractivity (Wildman–Crippen MR) is 103 cm³/mol. The molecular weight excluding hydrogens is 420 g/mol. The van der Waals surface area contributed by atoms with Crippen molar-refractivity contribution in [2.45, 2.75) is 13.5 Å². The van der Waals surface area contributed by atoms with Crippen LogP contribution in [0.4, 0.5) is 11.4 Å². The van der Waals surface area contributed by atoms with Crippen molar-refractivity contribution in [3.8, 4) is 0 Å². The van der Waals surface area contributed by atoms with Crippen LogP contribution >= 0.6 is 15.9 Å². The lowest BCUT2D eigenvalue weighted by Gasteiger charge is -2.18. The molecule has 10 heteroatoms. The first-order valence-corrected chi connectivity index (χ1v) is 8.61. The van der Waals surface area contributed by atoms with Crippen molar-refractivity contribution in [3.63, 3.8) is 0 Å². The number of rotatable bonds is 6. The fourth-order valence-corrected chi connectivity index (χ4v) is 2.75. The number of anilines is 1. The normalized spacial score (nSPS) is 10.3. The van der Waals surface area contributed by atoms with Gasteiger partial charge in [0.15, 0.2) is 0 Å². The molecule has 0 radical (unpaired) electrons. The molecule has 142 valence electrons. The summed E-state index contributed by atoms with van der Waals surface area (Å²) in [4.78, 5) is 47.5. The first-order chi connectivity index (χ1) is 12.7. The quantitative estimate of drug-likeness (QED) is 0.548. The number of aromatic nitrogens is 1. The van der Waals surface area contributed by atoms with Crippen molar-refractivity contribution in [1.82, 2.24) is 9.47 Å². The number of nitro groups is 1. The van der Waals surface area contributed by atoms with E-state index in [9.17, 15) is 24.5 Å². The lowest BCUT2D eigenvalue weighted by molar-refractivity contribution is -0.385. The monoisotopic (exact) mass is 436 g/mol. The van der Waals surface area contributed by atoms with Crippen LogP contribution in [0.1, 0.15) is 5.56 Å². The molecule has 0 saturated heterocycles.